The van der Waals surface area contributed by atoms with Gasteiger partial charge in [0.1, 0.15) is 6.54 Å². The van der Waals surface area contributed by atoms with Gasteiger partial charge in [0.05, 0.1) is 10.9 Å². The lowest BCUT2D eigenvalue weighted by atomic mass is 10.1. The number of amides is 1. The predicted octanol–water partition coefficient (Wildman–Crippen LogP) is 1.26. The average molecular weight is 450 g/mol. The summed E-state index contributed by atoms with van der Waals surface area (Å²) in [5, 5.41) is 0.445. The highest BCUT2D eigenvalue weighted by molar-refractivity contribution is 5.79. The number of piperazine rings is 1. The van der Waals surface area contributed by atoms with Gasteiger partial charge >= 0.3 is 5.69 Å². The van der Waals surface area contributed by atoms with Crippen molar-refractivity contribution < 1.29 is 14.3 Å². The lowest BCUT2D eigenvalue weighted by Gasteiger charge is -2.34. The minimum absolute atomic E-state index is 0.213. The van der Waals surface area contributed by atoms with Gasteiger partial charge < -0.3 is 14.4 Å². The zero-order valence-corrected chi connectivity index (χ0v) is 18.5. The van der Waals surface area contributed by atoms with Crippen LogP contribution in [0.15, 0.2) is 52.1 Å². The minimum Gasteiger partial charge on any atom is -0.454 e. The van der Waals surface area contributed by atoms with Crippen molar-refractivity contribution in [3.63, 3.8) is 0 Å². The van der Waals surface area contributed by atoms with Crippen LogP contribution in [0.1, 0.15) is 12.5 Å². The van der Waals surface area contributed by atoms with Gasteiger partial charge in [0.2, 0.25) is 12.7 Å². The second-order valence-electron chi connectivity index (χ2n) is 8.28. The first-order valence-corrected chi connectivity index (χ1v) is 11.2. The normalized spacial score (nSPS) is 15.8. The van der Waals surface area contributed by atoms with Gasteiger partial charge in [0.25, 0.3) is 5.56 Å². The number of rotatable bonds is 5. The summed E-state index contributed by atoms with van der Waals surface area (Å²) in [6.07, 6.45) is 0. The molecule has 0 spiro atoms. The Morgan fingerprint density at radius 2 is 1.70 bits per heavy atom. The lowest BCUT2D eigenvalue weighted by molar-refractivity contribution is -0.133. The topological polar surface area (TPSA) is 86.0 Å². The second-order valence-corrected chi connectivity index (χ2v) is 8.28. The molecule has 9 heteroatoms. The van der Waals surface area contributed by atoms with Crippen molar-refractivity contribution in [1.29, 1.82) is 0 Å². The molecule has 0 atom stereocenters. The van der Waals surface area contributed by atoms with Gasteiger partial charge in [-0.1, -0.05) is 18.2 Å². The molecule has 0 aliphatic carbocycles. The van der Waals surface area contributed by atoms with E-state index in [0.717, 1.165) is 28.2 Å². The maximum atomic E-state index is 13.0. The number of carbonyl (C=O) groups is 1. The molecular weight excluding hydrogens is 424 g/mol. The maximum absolute atomic E-state index is 13.0. The molecule has 1 aromatic heterocycles. The van der Waals surface area contributed by atoms with Crippen LogP contribution in [0.3, 0.4) is 0 Å². The molecule has 2 aliphatic heterocycles. The number of benzene rings is 2. The molecule has 0 N–H and O–H groups in total. The van der Waals surface area contributed by atoms with E-state index in [1.807, 2.05) is 25.1 Å². The van der Waals surface area contributed by atoms with E-state index in [1.54, 1.807) is 29.2 Å². The van der Waals surface area contributed by atoms with E-state index in [0.29, 0.717) is 43.6 Å². The van der Waals surface area contributed by atoms with Crippen molar-refractivity contribution in [3.05, 3.63) is 68.9 Å². The van der Waals surface area contributed by atoms with Crippen LogP contribution in [-0.2, 0) is 24.4 Å². The van der Waals surface area contributed by atoms with E-state index >= 15 is 0 Å². The average Bonchev–Trinajstić information content (AvgIpc) is 3.30. The first-order chi connectivity index (χ1) is 16.0. The molecule has 2 aliphatic rings. The third-order valence-corrected chi connectivity index (χ3v) is 6.31. The number of fused-ring (bicyclic) bond motifs is 2. The van der Waals surface area contributed by atoms with Gasteiger partial charge in [0, 0.05) is 39.3 Å². The Balaban J connectivity index is 1.26. The molecule has 33 heavy (non-hydrogen) atoms. The van der Waals surface area contributed by atoms with E-state index in [-0.39, 0.29) is 19.2 Å². The zero-order chi connectivity index (χ0) is 22.9. The number of hydrogen-bond donors (Lipinski definition) is 0. The molecule has 2 aromatic carbocycles. The van der Waals surface area contributed by atoms with Gasteiger partial charge in [-0.15, -0.1) is 0 Å². The SMILES string of the molecule is CCn1c(=O)n(CC(=O)N2CCN(Cc3ccc4c(c3)OCO4)CC2)c(=O)c2ccccc21. The number of para-hydroxylation sites is 1. The van der Waals surface area contributed by atoms with Crippen LogP contribution in [-0.4, -0.2) is 57.8 Å². The summed E-state index contributed by atoms with van der Waals surface area (Å²) in [6.45, 7) is 5.56. The van der Waals surface area contributed by atoms with E-state index in [9.17, 15) is 14.4 Å². The number of carbonyl (C=O) groups excluding carboxylic acids is 1. The zero-order valence-electron chi connectivity index (χ0n) is 18.5. The van der Waals surface area contributed by atoms with Crippen LogP contribution in [0.2, 0.25) is 0 Å². The standard InChI is InChI=1S/C24H26N4O5/c1-2-27-19-6-4-3-5-18(19)23(30)28(24(27)31)15-22(29)26-11-9-25(10-12-26)14-17-7-8-20-21(13-17)33-16-32-20/h3-8,13H,2,9-12,14-16H2,1H3. The molecule has 172 valence electrons. The lowest BCUT2D eigenvalue weighted by Crippen LogP contribution is -2.51. The molecule has 5 rings (SSSR count). The fourth-order valence-corrected chi connectivity index (χ4v) is 4.50. The van der Waals surface area contributed by atoms with Crippen molar-refractivity contribution in [2.75, 3.05) is 33.0 Å². The molecule has 0 bridgehead atoms. The smallest absolute Gasteiger partial charge is 0.331 e. The molecular formula is C24H26N4O5. The first kappa shape index (κ1) is 21.3. The monoisotopic (exact) mass is 450 g/mol. The summed E-state index contributed by atoms with van der Waals surface area (Å²) in [6, 6.07) is 12.9. The van der Waals surface area contributed by atoms with Crippen LogP contribution in [0.25, 0.3) is 10.9 Å². The number of aromatic nitrogens is 2. The summed E-state index contributed by atoms with van der Waals surface area (Å²) in [5.74, 6) is 1.31. The van der Waals surface area contributed by atoms with E-state index in [4.69, 9.17) is 9.47 Å². The molecule has 1 fully saturated rings. The van der Waals surface area contributed by atoms with E-state index in [2.05, 4.69) is 4.90 Å². The summed E-state index contributed by atoms with van der Waals surface area (Å²) in [7, 11) is 0. The highest BCUT2D eigenvalue weighted by atomic mass is 16.7. The summed E-state index contributed by atoms with van der Waals surface area (Å²) < 4.78 is 13.4. The van der Waals surface area contributed by atoms with Crippen LogP contribution in [0, 0.1) is 0 Å². The van der Waals surface area contributed by atoms with Crippen molar-refractivity contribution in [1.82, 2.24) is 18.9 Å². The van der Waals surface area contributed by atoms with Gasteiger partial charge in [-0.2, -0.15) is 0 Å². The molecule has 3 heterocycles. The molecule has 9 nitrogen and oxygen atoms in total. The third kappa shape index (κ3) is 4.00. The Morgan fingerprint density at radius 3 is 2.48 bits per heavy atom. The van der Waals surface area contributed by atoms with Crippen molar-refractivity contribution >= 4 is 16.8 Å². The van der Waals surface area contributed by atoms with Crippen LogP contribution < -0.4 is 20.7 Å². The summed E-state index contributed by atoms with van der Waals surface area (Å²) in [4.78, 5) is 42.8. The fourth-order valence-electron chi connectivity index (χ4n) is 4.50. The quantitative estimate of drug-likeness (QED) is 0.582. The number of aryl methyl sites for hydroxylation is 1. The van der Waals surface area contributed by atoms with Crippen LogP contribution in [0.4, 0.5) is 0 Å². The van der Waals surface area contributed by atoms with Crippen molar-refractivity contribution in [3.8, 4) is 11.5 Å². The van der Waals surface area contributed by atoms with Gasteiger partial charge in [-0.05, 0) is 36.8 Å². The number of ether oxygens (including phenoxy) is 2. The second kappa shape index (κ2) is 8.74. The molecule has 0 radical (unpaired) electrons. The van der Waals surface area contributed by atoms with Crippen LogP contribution >= 0.6 is 0 Å². The van der Waals surface area contributed by atoms with Crippen molar-refractivity contribution in [2.24, 2.45) is 0 Å². The largest absolute Gasteiger partial charge is 0.454 e. The van der Waals surface area contributed by atoms with Crippen LogP contribution in [0.5, 0.6) is 11.5 Å². The predicted molar refractivity (Wildman–Crippen MR) is 123 cm³/mol. The first-order valence-electron chi connectivity index (χ1n) is 11.2. The summed E-state index contributed by atoms with van der Waals surface area (Å²) >= 11 is 0. The molecule has 0 saturated carbocycles. The molecule has 1 saturated heterocycles. The van der Waals surface area contributed by atoms with E-state index < -0.39 is 11.2 Å². The van der Waals surface area contributed by atoms with Crippen molar-refractivity contribution in [2.45, 2.75) is 26.6 Å². The Morgan fingerprint density at radius 1 is 0.939 bits per heavy atom. The van der Waals surface area contributed by atoms with Gasteiger partial charge in [-0.3, -0.25) is 23.6 Å². The Kier molecular flexibility index (Phi) is 5.63. The van der Waals surface area contributed by atoms with Gasteiger partial charge in [-0.25, -0.2) is 4.79 Å². The minimum atomic E-state index is -0.448. The highest BCUT2D eigenvalue weighted by Crippen LogP contribution is 2.32. The van der Waals surface area contributed by atoms with E-state index in [1.165, 1.54) is 4.57 Å². The Hall–Kier alpha value is -3.59. The Bertz CT molecular complexity index is 1320. The highest BCUT2D eigenvalue weighted by Gasteiger charge is 2.24. The number of hydrogen-bond acceptors (Lipinski definition) is 6. The number of nitrogens with zero attached hydrogens (tertiary/aromatic N) is 4. The molecule has 3 aromatic rings. The maximum Gasteiger partial charge on any atom is 0.331 e. The summed E-state index contributed by atoms with van der Waals surface area (Å²) in [5.41, 5.74) is 0.851. The molecule has 0 unspecified atom stereocenters. The Labute approximate surface area is 190 Å². The fraction of sp³-hybridized carbons (Fsp3) is 0.375. The third-order valence-electron chi connectivity index (χ3n) is 6.31. The molecule has 1 amide bonds. The van der Waals surface area contributed by atoms with Gasteiger partial charge in [0.15, 0.2) is 11.5 Å².